The minimum Gasteiger partial charge on any atom is -0.480 e. The molecule has 0 aromatic heterocycles. The Balaban J connectivity index is 0. The van der Waals surface area contributed by atoms with Gasteiger partial charge in [0.15, 0.2) is 0 Å². The van der Waals surface area contributed by atoms with E-state index < -0.39 is 10.6 Å². The van der Waals surface area contributed by atoms with E-state index in [0.29, 0.717) is 0 Å². The number of unbranched alkanes of at least 4 members (excludes halogenated alkanes) is 10. The maximum atomic E-state index is 9.55. The first-order valence-electron chi connectivity index (χ1n) is 9.35. The van der Waals surface area contributed by atoms with Crippen LogP contribution in [0.15, 0.2) is 0 Å². The van der Waals surface area contributed by atoms with Crippen molar-refractivity contribution in [1.29, 1.82) is 0 Å². The second-order valence-electron chi connectivity index (χ2n) is 6.00. The van der Waals surface area contributed by atoms with Crippen molar-refractivity contribution in [2.75, 3.05) is 0 Å². The van der Waals surface area contributed by atoms with E-state index in [9.17, 15) is 4.79 Å². The average Bonchev–Trinajstić information content (AvgIpc) is 2.52. The zero-order valence-corrected chi connectivity index (χ0v) is 19.9. The van der Waals surface area contributed by atoms with Gasteiger partial charge in [-0.25, -0.2) is 0 Å². The molecule has 0 atom stereocenters. The summed E-state index contributed by atoms with van der Waals surface area (Å²) < 4.78 is 2.47. The second kappa shape index (κ2) is 23.0. The first-order valence-corrected chi connectivity index (χ1v) is 14.4. The molecule has 0 aliphatic heterocycles. The molecular formula is C18H38O2S2Sn. The van der Waals surface area contributed by atoms with E-state index in [-0.39, 0.29) is 21.1 Å². The van der Waals surface area contributed by atoms with Crippen LogP contribution in [0.2, 0.25) is 8.87 Å². The van der Waals surface area contributed by atoms with Gasteiger partial charge in [0, 0.05) is 0 Å². The van der Waals surface area contributed by atoms with Crippen LogP contribution in [0.4, 0.5) is 0 Å². The van der Waals surface area contributed by atoms with E-state index in [1.807, 2.05) is 0 Å². The number of rotatable bonds is 15. The van der Waals surface area contributed by atoms with E-state index in [0.717, 1.165) is 0 Å². The molecular weight excluding hydrogens is 431 g/mol. The average molecular weight is 469 g/mol. The van der Waals surface area contributed by atoms with E-state index in [1.54, 1.807) is 21.7 Å². The van der Waals surface area contributed by atoms with Crippen LogP contribution >= 0.6 is 25.3 Å². The van der Waals surface area contributed by atoms with Gasteiger partial charge in [0.2, 0.25) is 0 Å². The van der Waals surface area contributed by atoms with E-state index in [2.05, 4.69) is 39.1 Å². The Morgan fingerprint density at radius 2 is 1.09 bits per heavy atom. The van der Waals surface area contributed by atoms with Crippen LogP contribution < -0.4 is 0 Å². The molecule has 0 saturated heterocycles. The van der Waals surface area contributed by atoms with Gasteiger partial charge in [-0.3, -0.25) is 4.79 Å². The molecule has 0 heterocycles. The maximum absolute atomic E-state index is 9.55. The summed E-state index contributed by atoms with van der Waals surface area (Å²) in [6.07, 6.45) is 17.8. The molecule has 1 N–H and O–H groups in total. The molecule has 5 heteroatoms. The van der Waals surface area contributed by atoms with Gasteiger partial charge in [-0.15, -0.1) is 0 Å². The number of carboxylic acid groups (broad SMARTS) is 1. The van der Waals surface area contributed by atoms with Gasteiger partial charge >= 0.3 is 127 Å². The topological polar surface area (TPSA) is 37.3 Å². The van der Waals surface area contributed by atoms with Crippen LogP contribution in [0, 0.1) is 0 Å². The predicted molar refractivity (Wildman–Crippen MR) is 112 cm³/mol. The maximum Gasteiger partial charge on any atom is 0.326 e. The fourth-order valence-electron chi connectivity index (χ4n) is 2.19. The van der Waals surface area contributed by atoms with E-state index >= 15 is 0 Å². The van der Waals surface area contributed by atoms with Crippen molar-refractivity contribution in [2.24, 2.45) is 0 Å². The van der Waals surface area contributed by atoms with Gasteiger partial charge in [0.25, 0.3) is 0 Å². The predicted octanol–water partition coefficient (Wildman–Crippen LogP) is 6.50. The van der Waals surface area contributed by atoms with Crippen molar-refractivity contribution >= 4 is 52.4 Å². The Hall–Kier alpha value is 0.969. The molecule has 0 amide bonds. The molecule has 0 fully saturated rings. The smallest absolute Gasteiger partial charge is 0.326 e. The van der Waals surface area contributed by atoms with Crippen molar-refractivity contribution in [3.8, 4) is 0 Å². The van der Waals surface area contributed by atoms with Crippen molar-refractivity contribution in [3.63, 3.8) is 0 Å². The molecule has 2 nitrogen and oxygen atoms in total. The summed E-state index contributed by atoms with van der Waals surface area (Å²) in [5.41, 5.74) is 0. The van der Waals surface area contributed by atoms with Gasteiger partial charge in [0.05, 0.1) is 0 Å². The molecule has 0 bridgehead atoms. The minimum atomic E-state index is -1.01. The summed E-state index contributed by atoms with van der Waals surface area (Å²) in [4.78, 5) is 9.55. The number of hydrogen-bond acceptors (Lipinski definition) is 3. The number of thiol groups is 2. The quantitative estimate of drug-likeness (QED) is 0.111. The van der Waals surface area contributed by atoms with Crippen molar-refractivity contribution < 1.29 is 9.90 Å². The van der Waals surface area contributed by atoms with Crippen LogP contribution in [0.25, 0.3) is 0 Å². The number of hydrogen-bond donors (Lipinski definition) is 3. The molecule has 0 aliphatic rings. The van der Waals surface area contributed by atoms with Gasteiger partial charge < -0.3 is 5.11 Å². The van der Waals surface area contributed by atoms with Crippen molar-refractivity contribution in [3.05, 3.63) is 0 Å². The van der Waals surface area contributed by atoms with Gasteiger partial charge in [0.1, 0.15) is 4.58 Å². The van der Waals surface area contributed by atoms with Gasteiger partial charge in [-0.05, 0) is 0 Å². The number of carbonyl (C=O) groups is 1. The largest absolute Gasteiger partial charge is 0.480 e. The first kappa shape index (κ1) is 26.2. The van der Waals surface area contributed by atoms with Gasteiger partial charge in [-0.1, -0.05) is 0 Å². The Kier molecular flexibility index (Phi) is 26.2. The fourth-order valence-corrected chi connectivity index (χ4v) is 5.75. The summed E-state index contributed by atoms with van der Waals surface area (Å²) in [7, 11) is 0. The molecule has 0 aromatic carbocycles. The Morgan fingerprint density at radius 3 is 1.39 bits per heavy atom. The molecule has 0 unspecified atom stereocenters. The number of carboxylic acids is 1. The van der Waals surface area contributed by atoms with Crippen LogP contribution in [-0.2, 0) is 4.79 Å². The molecule has 0 spiro atoms. The summed E-state index contributed by atoms with van der Waals surface area (Å²) in [5, 5.41) is 7.84. The van der Waals surface area contributed by atoms with Gasteiger partial charge in [-0.2, -0.15) is 25.3 Å². The first-order chi connectivity index (χ1) is 11.1. The molecule has 138 valence electrons. The van der Waals surface area contributed by atoms with Crippen LogP contribution in [0.1, 0.15) is 90.9 Å². The monoisotopic (exact) mass is 470 g/mol. The Morgan fingerprint density at radius 1 is 0.783 bits per heavy atom. The van der Waals surface area contributed by atoms with Crippen molar-refractivity contribution in [2.45, 2.75) is 104 Å². The third-order valence-electron chi connectivity index (χ3n) is 3.64. The summed E-state index contributed by atoms with van der Waals surface area (Å²) in [5.74, 6) is -1.01. The van der Waals surface area contributed by atoms with E-state index in [1.165, 1.54) is 64.2 Å². The molecule has 0 aliphatic carbocycles. The second-order valence-corrected chi connectivity index (χ2v) is 11.7. The molecule has 0 rings (SSSR count). The normalized spacial score (nSPS) is 10.5. The van der Waals surface area contributed by atoms with Crippen molar-refractivity contribution in [1.82, 2.24) is 0 Å². The molecule has 0 saturated carbocycles. The van der Waals surface area contributed by atoms with E-state index in [4.69, 9.17) is 5.11 Å². The summed E-state index contributed by atoms with van der Waals surface area (Å²) >= 11 is 6.99. The molecule has 2 radical (unpaired) electrons. The zero-order chi connectivity index (χ0) is 17.8. The minimum absolute atomic E-state index is 0.0736. The van der Waals surface area contributed by atoms with Crippen LogP contribution in [0.3, 0.4) is 0 Å². The standard InChI is InChI=1S/2C8H17.C2H4O2S2.Sn/c2*1-3-5-7-8-6-4-2;3-1(4)2(5)6;/h2*1,3-8H2,2H3;2,5-6H,(H,3,4);. The summed E-state index contributed by atoms with van der Waals surface area (Å²) in [6.45, 7) is 4.60. The van der Waals surface area contributed by atoms with Crippen LogP contribution in [0.5, 0.6) is 0 Å². The molecule has 23 heavy (non-hydrogen) atoms. The Bertz CT molecular complexity index is 225. The third kappa shape index (κ3) is 28.1. The fraction of sp³-hybridized carbons (Fsp3) is 0.944. The SMILES string of the molecule is CCCCCCC[CH2][Sn][CH2]CCCCCCC.O=C(O)C(S)S. The zero-order valence-electron chi connectivity index (χ0n) is 15.2. The van der Waals surface area contributed by atoms with Crippen LogP contribution in [-0.4, -0.2) is 36.8 Å². The number of aliphatic carboxylic acids is 1. The Labute approximate surface area is 166 Å². The summed E-state index contributed by atoms with van der Waals surface area (Å²) in [6, 6.07) is 0. The third-order valence-corrected chi connectivity index (χ3v) is 8.11. The molecule has 0 aromatic rings.